The Balaban J connectivity index is 1.96. The van der Waals surface area contributed by atoms with Crippen LogP contribution in [0.3, 0.4) is 0 Å². The number of imidazole rings is 1. The molecule has 0 unspecified atom stereocenters. The Morgan fingerprint density at radius 3 is 2.39 bits per heavy atom. The first-order valence-corrected chi connectivity index (χ1v) is 11.3. The first kappa shape index (κ1) is 22.8. The molecule has 1 aromatic carbocycles. The van der Waals surface area contributed by atoms with Crippen LogP contribution in [0.4, 0.5) is 5.82 Å². The molecule has 2 aromatic heterocycles. The van der Waals surface area contributed by atoms with Crippen LogP contribution in [0, 0.1) is 13.8 Å². The molecule has 174 valence electrons. The third-order valence-electron chi connectivity index (χ3n) is 6.08. The van der Waals surface area contributed by atoms with Crippen molar-refractivity contribution in [2.45, 2.75) is 65.8 Å². The molecule has 2 heterocycles. The summed E-state index contributed by atoms with van der Waals surface area (Å²) < 4.78 is 12.7. The van der Waals surface area contributed by atoms with Gasteiger partial charge in [0.25, 0.3) is 0 Å². The lowest BCUT2D eigenvalue weighted by Crippen LogP contribution is -2.41. The second-order valence-electron chi connectivity index (χ2n) is 8.60. The second kappa shape index (κ2) is 9.21. The molecule has 0 saturated heterocycles. The summed E-state index contributed by atoms with van der Waals surface area (Å²) in [4.78, 5) is 35.9. The van der Waals surface area contributed by atoms with E-state index >= 15 is 0 Å². The van der Waals surface area contributed by atoms with Gasteiger partial charge in [0.1, 0.15) is 11.5 Å². The largest absolute Gasteiger partial charge is 0.493 e. The number of carbonyl (C=O) groups excluding carboxylic acids is 2. The highest BCUT2D eigenvalue weighted by molar-refractivity contribution is 5.96. The number of aromatic nitrogens is 3. The number of nitrogens with zero attached hydrogens (tertiary/aromatic N) is 4. The number of methoxy groups -OCH3 is 1. The highest BCUT2D eigenvalue weighted by Crippen LogP contribution is 2.39. The minimum Gasteiger partial charge on any atom is -0.493 e. The Morgan fingerprint density at radius 2 is 1.76 bits per heavy atom. The van der Waals surface area contributed by atoms with Gasteiger partial charge in [0.05, 0.1) is 7.11 Å². The number of esters is 1. The van der Waals surface area contributed by atoms with Gasteiger partial charge in [-0.2, -0.15) is 0 Å². The van der Waals surface area contributed by atoms with Crippen molar-refractivity contribution in [1.82, 2.24) is 14.4 Å². The van der Waals surface area contributed by atoms with Gasteiger partial charge >= 0.3 is 5.97 Å². The molecule has 0 N–H and O–H groups in total. The zero-order chi connectivity index (χ0) is 23.7. The van der Waals surface area contributed by atoms with Gasteiger partial charge in [-0.1, -0.05) is 19.3 Å². The molecule has 3 aromatic rings. The molecule has 4 rings (SSSR count). The summed E-state index contributed by atoms with van der Waals surface area (Å²) in [5.41, 5.74) is 3.21. The van der Waals surface area contributed by atoms with Gasteiger partial charge in [0.15, 0.2) is 11.5 Å². The lowest BCUT2D eigenvalue weighted by atomic mass is 9.94. The van der Waals surface area contributed by atoms with Crippen LogP contribution in [-0.4, -0.2) is 39.4 Å². The Hall–Kier alpha value is -3.42. The van der Waals surface area contributed by atoms with Gasteiger partial charge in [-0.3, -0.25) is 18.9 Å². The van der Waals surface area contributed by atoms with Crippen molar-refractivity contribution in [2.24, 2.45) is 0 Å². The van der Waals surface area contributed by atoms with E-state index in [9.17, 15) is 9.59 Å². The van der Waals surface area contributed by atoms with E-state index in [1.165, 1.54) is 20.5 Å². The van der Waals surface area contributed by atoms with E-state index < -0.39 is 5.97 Å². The summed E-state index contributed by atoms with van der Waals surface area (Å²) >= 11 is 0. The van der Waals surface area contributed by atoms with Crippen LogP contribution in [0.5, 0.6) is 11.5 Å². The number of anilines is 1. The van der Waals surface area contributed by atoms with E-state index in [4.69, 9.17) is 14.5 Å². The van der Waals surface area contributed by atoms with Crippen LogP contribution >= 0.6 is 0 Å². The zero-order valence-electron chi connectivity index (χ0n) is 19.8. The summed E-state index contributed by atoms with van der Waals surface area (Å²) in [6, 6.07) is 7.40. The van der Waals surface area contributed by atoms with Gasteiger partial charge in [-0.15, -0.1) is 0 Å². The quantitative estimate of drug-likeness (QED) is 0.416. The third-order valence-corrected chi connectivity index (χ3v) is 6.08. The summed E-state index contributed by atoms with van der Waals surface area (Å²) in [6.07, 6.45) is 5.30. The summed E-state index contributed by atoms with van der Waals surface area (Å²) in [6.45, 7) is 6.89. The Morgan fingerprint density at radius 1 is 1.03 bits per heavy atom. The maximum absolute atomic E-state index is 13.0. The number of amides is 1. The minimum atomic E-state index is -0.426. The lowest BCUT2D eigenvalue weighted by molar-refractivity contribution is -0.132. The summed E-state index contributed by atoms with van der Waals surface area (Å²) in [5, 5.41) is 0. The van der Waals surface area contributed by atoms with Gasteiger partial charge in [0, 0.05) is 36.8 Å². The molecule has 8 nitrogen and oxygen atoms in total. The molecule has 0 atom stereocenters. The van der Waals surface area contributed by atoms with E-state index in [2.05, 4.69) is 4.98 Å². The average Bonchev–Trinajstić information content (AvgIpc) is 3.13. The molecule has 8 heteroatoms. The fraction of sp³-hybridized carbons (Fsp3) is 0.440. The van der Waals surface area contributed by atoms with E-state index in [0.717, 1.165) is 48.5 Å². The monoisotopic (exact) mass is 450 g/mol. The predicted molar refractivity (Wildman–Crippen MR) is 126 cm³/mol. The number of fused-ring (bicyclic) bond motifs is 1. The molecule has 1 fully saturated rings. The summed E-state index contributed by atoms with van der Waals surface area (Å²) in [7, 11) is 1.52. The van der Waals surface area contributed by atoms with Crippen molar-refractivity contribution in [3.05, 3.63) is 35.7 Å². The van der Waals surface area contributed by atoms with Gasteiger partial charge in [0.2, 0.25) is 11.7 Å². The third kappa shape index (κ3) is 4.42. The van der Waals surface area contributed by atoms with Crippen LogP contribution in [0.15, 0.2) is 24.3 Å². The molecule has 33 heavy (non-hydrogen) atoms. The lowest BCUT2D eigenvalue weighted by Gasteiger charge is -2.34. The number of ether oxygens (including phenoxy) is 2. The SMILES string of the molecule is COc1cc(-c2nc3nc(C)cc(C)n3c2N(C(C)=O)C2CCCCC2)ccc1OC(C)=O. The molecule has 1 aliphatic carbocycles. The number of benzene rings is 1. The van der Waals surface area contributed by atoms with Crippen LogP contribution < -0.4 is 14.4 Å². The van der Waals surface area contributed by atoms with Crippen LogP contribution in [0.25, 0.3) is 17.0 Å². The fourth-order valence-electron chi connectivity index (χ4n) is 4.75. The number of carbonyl (C=O) groups is 2. The zero-order valence-corrected chi connectivity index (χ0v) is 19.8. The van der Waals surface area contributed by atoms with Gasteiger partial charge in [-0.25, -0.2) is 9.97 Å². The minimum absolute atomic E-state index is 0.0200. The fourth-order valence-corrected chi connectivity index (χ4v) is 4.75. The maximum atomic E-state index is 13.0. The molecule has 0 aliphatic heterocycles. The van der Waals surface area contributed by atoms with Crippen LogP contribution in [0.2, 0.25) is 0 Å². The molecular formula is C25H30N4O4. The summed E-state index contributed by atoms with van der Waals surface area (Å²) in [5.74, 6) is 1.57. The molecule has 1 aliphatic rings. The highest BCUT2D eigenvalue weighted by Gasteiger charge is 2.31. The Kier molecular flexibility index (Phi) is 6.35. The van der Waals surface area contributed by atoms with Gasteiger partial charge < -0.3 is 9.47 Å². The van der Waals surface area contributed by atoms with E-state index in [1.807, 2.05) is 35.3 Å². The maximum Gasteiger partial charge on any atom is 0.308 e. The molecule has 0 radical (unpaired) electrons. The van der Waals surface area contributed by atoms with Crippen LogP contribution in [-0.2, 0) is 9.59 Å². The number of hydrogen-bond acceptors (Lipinski definition) is 6. The molecule has 1 saturated carbocycles. The van der Waals surface area contributed by atoms with Crippen molar-refractivity contribution in [2.75, 3.05) is 12.0 Å². The average molecular weight is 451 g/mol. The van der Waals surface area contributed by atoms with Crippen LogP contribution in [0.1, 0.15) is 57.3 Å². The number of aryl methyl sites for hydroxylation is 2. The van der Waals surface area contributed by atoms with Crippen molar-refractivity contribution < 1.29 is 19.1 Å². The Labute approximate surface area is 193 Å². The van der Waals surface area contributed by atoms with Crippen molar-refractivity contribution in [3.63, 3.8) is 0 Å². The Bertz CT molecular complexity index is 1210. The second-order valence-corrected chi connectivity index (χ2v) is 8.60. The smallest absolute Gasteiger partial charge is 0.308 e. The first-order chi connectivity index (χ1) is 15.8. The number of rotatable bonds is 5. The molecule has 0 bridgehead atoms. The standard InChI is InChI=1S/C25H30N4O4/c1-15-13-16(2)28-24(29(17(3)30)20-9-7-6-8-10-20)23(27-25(28)26-15)19-11-12-21(33-18(4)31)22(14-19)32-5/h11-14,20H,6-10H2,1-5H3. The molecule has 0 spiro atoms. The highest BCUT2D eigenvalue weighted by atomic mass is 16.6. The number of hydrogen-bond donors (Lipinski definition) is 0. The topological polar surface area (TPSA) is 86.0 Å². The van der Waals surface area contributed by atoms with Crippen molar-refractivity contribution >= 4 is 23.5 Å². The van der Waals surface area contributed by atoms with Crippen molar-refractivity contribution in [3.8, 4) is 22.8 Å². The first-order valence-electron chi connectivity index (χ1n) is 11.3. The van der Waals surface area contributed by atoms with E-state index in [1.54, 1.807) is 19.1 Å². The normalized spacial score (nSPS) is 14.3. The van der Waals surface area contributed by atoms with E-state index in [-0.39, 0.29) is 11.9 Å². The predicted octanol–water partition coefficient (Wildman–Crippen LogP) is 4.63. The van der Waals surface area contributed by atoms with Gasteiger partial charge in [-0.05, 0) is 51.0 Å². The molecule has 1 amide bonds. The molecular weight excluding hydrogens is 420 g/mol. The van der Waals surface area contributed by atoms with Crippen molar-refractivity contribution in [1.29, 1.82) is 0 Å². The van der Waals surface area contributed by atoms with E-state index in [0.29, 0.717) is 23.0 Å².